The van der Waals surface area contributed by atoms with E-state index in [1.165, 1.54) is 24.8 Å². The molecule has 0 saturated carbocycles. The van der Waals surface area contributed by atoms with Gasteiger partial charge >= 0.3 is 0 Å². The maximum atomic E-state index is 12.6. The molecule has 2 aromatic rings. The Hall–Kier alpha value is -2.03. The first-order valence-corrected chi connectivity index (χ1v) is 11.7. The van der Waals surface area contributed by atoms with E-state index >= 15 is 0 Å². The second-order valence-corrected chi connectivity index (χ2v) is 9.29. The molecular weight excluding hydrogens is 396 g/mol. The highest BCUT2D eigenvalue weighted by Gasteiger charge is 2.26. The number of hydrogen-bond donors (Lipinski definition) is 1. The van der Waals surface area contributed by atoms with Crippen molar-refractivity contribution in [2.24, 2.45) is 0 Å². The van der Waals surface area contributed by atoms with Gasteiger partial charge in [-0.15, -0.1) is 0 Å². The quantitative estimate of drug-likeness (QED) is 0.631. The van der Waals surface area contributed by atoms with Gasteiger partial charge in [-0.1, -0.05) is 30.3 Å². The van der Waals surface area contributed by atoms with Gasteiger partial charge in [0.05, 0.1) is 17.7 Å². The highest BCUT2D eigenvalue weighted by atomic mass is 32.2. The largest absolute Gasteiger partial charge is 0.495 e. The lowest BCUT2D eigenvalue weighted by Gasteiger charge is -2.20. The molecule has 0 radical (unpaired) electrons. The molecule has 1 aliphatic rings. The third-order valence-electron chi connectivity index (χ3n) is 4.47. The van der Waals surface area contributed by atoms with E-state index in [9.17, 15) is 13.2 Å². The predicted molar refractivity (Wildman–Crippen MR) is 112 cm³/mol. The fraction of sp³-hybridized carbons (Fsp3) is 0.350. The summed E-state index contributed by atoms with van der Waals surface area (Å²) in [5.41, 5.74) is 1.72. The summed E-state index contributed by atoms with van der Waals surface area (Å²) in [6.45, 7) is 0.909. The Morgan fingerprint density at radius 1 is 1.18 bits per heavy atom. The van der Waals surface area contributed by atoms with Gasteiger partial charge in [-0.2, -0.15) is 11.8 Å². The van der Waals surface area contributed by atoms with Crippen molar-refractivity contribution in [3.63, 3.8) is 0 Å². The van der Waals surface area contributed by atoms with E-state index in [-0.39, 0.29) is 10.8 Å². The lowest BCUT2D eigenvalue weighted by molar-refractivity contribution is -0.117. The molecule has 1 N–H and O–H groups in total. The van der Waals surface area contributed by atoms with Gasteiger partial charge in [0.2, 0.25) is 15.9 Å². The summed E-state index contributed by atoms with van der Waals surface area (Å²) in [4.78, 5) is 13.8. The monoisotopic (exact) mass is 420 g/mol. The summed E-state index contributed by atoms with van der Waals surface area (Å²) in [7, 11) is -2.15. The fourth-order valence-corrected chi connectivity index (χ4v) is 5.05. The van der Waals surface area contributed by atoms with Crippen molar-refractivity contribution in [2.45, 2.75) is 23.5 Å². The lowest BCUT2D eigenvalue weighted by atomic mass is 10.2. The molecule has 0 aliphatic carbocycles. The SMILES string of the molecule is COc1ccc(S(=O)(=O)NCCSCc2ccccc2)cc1N1CCCC1=O. The van der Waals surface area contributed by atoms with Crippen molar-refractivity contribution in [3.8, 4) is 5.75 Å². The van der Waals surface area contributed by atoms with Crippen LogP contribution in [0.3, 0.4) is 0 Å². The fourth-order valence-electron chi connectivity index (χ4n) is 3.05. The van der Waals surface area contributed by atoms with Crippen molar-refractivity contribution >= 4 is 33.4 Å². The number of thioether (sulfide) groups is 1. The number of rotatable bonds is 9. The number of ether oxygens (including phenoxy) is 1. The molecule has 1 aliphatic heterocycles. The number of nitrogens with zero attached hydrogens (tertiary/aromatic N) is 1. The van der Waals surface area contributed by atoms with Crippen LogP contribution in [0.25, 0.3) is 0 Å². The third kappa shape index (κ3) is 5.06. The molecule has 2 aromatic carbocycles. The maximum absolute atomic E-state index is 12.6. The van der Waals surface area contributed by atoms with Gasteiger partial charge in [0.1, 0.15) is 5.75 Å². The Morgan fingerprint density at radius 2 is 1.96 bits per heavy atom. The number of anilines is 1. The van der Waals surface area contributed by atoms with Gasteiger partial charge in [0.15, 0.2) is 0 Å². The van der Waals surface area contributed by atoms with E-state index in [0.29, 0.717) is 36.7 Å². The van der Waals surface area contributed by atoms with Gasteiger partial charge in [0.25, 0.3) is 0 Å². The summed E-state index contributed by atoms with van der Waals surface area (Å²) in [6, 6.07) is 14.7. The molecule has 0 aromatic heterocycles. The van der Waals surface area contributed by atoms with E-state index in [0.717, 1.165) is 12.2 Å². The minimum atomic E-state index is -3.66. The van der Waals surface area contributed by atoms with Gasteiger partial charge in [-0.25, -0.2) is 13.1 Å². The van der Waals surface area contributed by atoms with E-state index in [1.807, 2.05) is 18.2 Å². The van der Waals surface area contributed by atoms with Gasteiger partial charge in [-0.3, -0.25) is 4.79 Å². The minimum absolute atomic E-state index is 0.0156. The lowest BCUT2D eigenvalue weighted by Crippen LogP contribution is -2.27. The number of amides is 1. The first-order chi connectivity index (χ1) is 13.5. The topological polar surface area (TPSA) is 75.7 Å². The molecule has 1 fully saturated rings. The molecule has 1 amide bonds. The van der Waals surface area contributed by atoms with Crippen molar-refractivity contribution < 1.29 is 17.9 Å². The maximum Gasteiger partial charge on any atom is 0.240 e. The summed E-state index contributed by atoms with van der Waals surface area (Å²) < 4.78 is 33.2. The van der Waals surface area contributed by atoms with Crippen LogP contribution in [-0.2, 0) is 20.6 Å². The van der Waals surface area contributed by atoms with E-state index < -0.39 is 10.0 Å². The number of methoxy groups -OCH3 is 1. The molecule has 0 unspecified atom stereocenters. The van der Waals surface area contributed by atoms with Crippen molar-refractivity contribution in [2.75, 3.05) is 30.9 Å². The van der Waals surface area contributed by atoms with Crippen LogP contribution in [0, 0.1) is 0 Å². The average molecular weight is 421 g/mol. The Morgan fingerprint density at radius 3 is 2.64 bits per heavy atom. The Labute approximate surface area is 170 Å². The van der Waals surface area contributed by atoms with Crippen LogP contribution < -0.4 is 14.4 Å². The third-order valence-corrected chi connectivity index (χ3v) is 6.96. The molecule has 1 saturated heterocycles. The zero-order chi connectivity index (χ0) is 20.0. The van der Waals surface area contributed by atoms with Gasteiger partial charge in [0, 0.05) is 31.0 Å². The van der Waals surface area contributed by atoms with Crippen molar-refractivity contribution in [1.82, 2.24) is 4.72 Å². The summed E-state index contributed by atoms with van der Waals surface area (Å²) in [5, 5.41) is 0. The second kappa shape index (κ2) is 9.45. The number of benzene rings is 2. The highest BCUT2D eigenvalue weighted by molar-refractivity contribution is 7.98. The van der Waals surface area contributed by atoms with E-state index in [4.69, 9.17) is 4.74 Å². The van der Waals surface area contributed by atoms with Crippen LogP contribution >= 0.6 is 11.8 Å². The highest BCUT2D eigenvalue weighted by Crippen LogP contribution is 2.33. The zero-order valence-corrected chi connectivity index (χ0v) is 17.4. The molecule has 0 atom stereocenters. The zero-order valence-electron chi connectivity index (χ0n) is 15.8. The molecule has 3 rings (SSSR count). The molecule has 150 valence electrons. The van der Waals surface area contributed by atoms with E-state index in [1.54, 1.807) is 22.7 Å². The normalized spacial score (nSPS) is 14.5. The molecule has 28 heavy (non-hydrogen) atoms. The minimum Gasteiger partial charge on any atom is -0.495 e. The van der Waals surface area contributed by atoms with Gasteiger partial charge < -0.3 is 9.64 Å². The first kappa shape index (κ1) is 20.7. The van der Waals surface area contributed by atoms with Crippen molar-refractivity contribution in [3.05, 3.63) is 54.1 Å². The number of hydrogen-bond acceptors (Lipinski definition) is 5. The van der Waals surface area contributed by atoms with Crippen molar-refractivity contribution in [1.29, 1.82) is 0 Å². The molecule has 0 bridgehead atoms. The molecule has 6 nitrogen and oxygen atoms in total. The standard InChI is InChI=1S/C20H24N2O4S2/c1-26-19-10-9-17(14-18(19)22-12-5-8-20(22)23)28(24,25)21-11-13-27-15-16-6-3-2-4-7-16/h2-4,6-7,9-10,14,21H,5,8,11-13,15H2,1H3. The predicted octanol–water partition coefficient (Wildman–Crippen LogP) is 3.03. The number of sulfonamides is 1. The van der Waals surface area contributed by atoms with Crippen LogP contribution in [0.1, 0.15) is 18.4 Å². The molecular formula is C20H24N2O4S2. The van der Waals surface area contributed by atoms with Gasteiger partial charge in [-0.05, 0) is 30.2 Å². The van der Waals surface area contributed by atoms with Crippen LogP contribution in [0.15, 0.2) is 53.4 Å². The molecule has 8 heteroatoms. The van der Waals surface area contributed by atoms with Crippen LogP contribution in [0.2, 0.25) is 0 Å². The summed E-state index contributed by atoms with van der Waals surface area (Å²) >= 11 is 1.67. The molecule has 0 spiro atoms. The van der Waals surface area contributed by atoms with E-state index in [2.05, 4.69) is 16.9 Å². The van der Waals surface area contributed by atoms with Crippen LogP contribution in [0.4, 0.5) is 5.69 Å². The Kier molecular flexibility index (Phi) is 6.98. The Bertz CT molecular complexity index is 917. The van der Waals surface area contributed by atoms with Crippen LogP contribution in [-0.4, -0.2) is 40.3 Å². The summed E-state index contributed by atoms with van der Waals surface area (Å²) in [6.07, 6.45) is 1.23. The second-order valence-electron chi connectivity index (χ2n) is 6.42. The molecule has 1 heterocycles. The number of carbonyl (C=O) groups excluding carboxylic acids is 1. The average Bonchev–Trinajstić information content (AvgIpc) is 3.13. The Balaban J connectivity index is 1.62. The smallest absolute Gasteiger partial charge is 0.240 e. The van der Waals surface area contributed by atoms with Crippen LogP contribution in [0.5, 0.6) is 5.75 Å². The number of nitrogens with one attached hydrogen (secondary N) is 1. The first-order valence-electron chi connectivity index (χ1n) is 9.11. The number of carbonyl (C=O) groups is 1. The summed E-state index contributed by atoms with van der Waals surface area (Å²) in [5.74, 6) is 1.99.